The molecule has 0 radical (unpaired) electrons. The van der Waals surface area contributed by atoms with Gasteiger partial charge in [0.2, 0.25) is 0 Å². The minimum atomic E-state index is -0.228. The summed E-state index contributed by atoms with van der Waals surface area (Å²) >= 11 is 0. The first-order chi connectivity index (χ1) is 7.73. The molecule has 0 unspecified atom stereocenters. The smallest absolute Gasteiger partial charge is 0.0963 e. The summed E-state index contributed by atoms with van der Waals surface area (Å²) in [4.78, 5) is 0. The van der Waals surface area contributed by atoms with Crippen LogP contribution in [0.2, 0.25) is 0 Å². The average molecular weight is 240 g/mol. The molecule has 0 aromatic rings. The van der Waals surface area contributed by atoms with E-state index < -0.39 is 0 Å². The van der Waals surface area contributed by atoms with Gasteiger partial charge in [0.15, 0.2) is 0 Å². The van der Waals surface area contributed by atoms with Crippen molar-refractivity contribution >= 4 is 5.84 Å². The fourth-order valence-electron chi connectivity index (χ4n) is 2.15. The molecule has 1 fully saturated rings. The molecule has 3 nitrogen and oxygen atoms in total. The van der Waals surface area contributed by atoms with Crippen LogP contribution in [0.1, 0.15) is 59.8 Å². The summed E-state index contributed by atoms with van der Waals surface area (Å²) in [5.74, 6) is 0.255. The molecule has 0 saturated heterocycles. The molecule has 0 bridgehead atoms. The van der Waals surface area contributed by atoms with E-state index in [2.05, 4.69) is 13.8 Å². The summed E-state index contributed by atoms with van der Waals surface area (Å²) in [5.41, 5.74) is 5.82. The van der Waals surface area contributed by atoms with Crippen molar-refractivity contribution < 1.29 is 4.74 Å². The summed E-state index contributed by atoms with van der Waals surface area (Å²) in [6.45, 7) is 9.40. The number of amidine groups is 1. The number of ether oxygens (including phenoxy) is 1. The van der Waals surface area contributed by atoms with Crippen molar-refractivity contribution in [1.29, 1.82) is 5.41 Å². The van der Waals surface area contributed by atoms with Gasteiger partial charge in [-0.25, -0.2) is 0 Å². The highest BCUT2D eigenvalue weighted by Gasteiger charge is 2.28. The van der Waals surface area contributed by atoms with Gasteiger partial charge in [-0.1, -0.05) is 27.7 Å². The van der Waals surface area contributed by atoms with Crippen molar-refractivity contribution in [3.8, 4) is 0 Å². The van der Waals surface area contributed by atoms with Gasteiger partial charge in [0.25, 0.3) is 0 Å². The Balaban J connectivity index is 2.23. The second-order valence-corrected chi connectivity index (χ2v) is 6.78. The molecule has 3 N–H and O–H groups in total. The van der Waals surface area contributed by atoms with Crippen molar-refractivity contribution in [1.82, 2.24) is 0 Å². The van der Waals surface area contributed by atoms with Crippen LogP contribution in [-0.2, 0) is 4.74 Å². The van der Waals surface area contributed by atoms with E-state index >= 15 is 0 Å². The second kappa shape index (κ2) is 5.38. The molecule has 0 aromatic heterocycles. The molecule has 0 aliphatic heterocycles. The van der Waals surface area contributed by atoms with Gasteiger partial charge in [0.1, 0.15) is 0 Å². The van der Waals surface area contributed by atoms with Gasteiger partial charge in [-0.05, 0) is 37.5 Å². The van der Waals surface area contributed by atoms with E-state index in [1.54, 1.807) is 0 Å². The summed E-state index contributed by atoms with van der Waals surface area (Å²) < 4.78 is 5.91. The highest BCUT2D eigenvalue weighted by molar-refractivity contribution is 5.82. The minimum absolute atomic E-state index is 0.228. The summed E-state index contributed by atoms with van der Waals surface area (Å²) in [5, 5.41) is 7.49. The van der Waals surface area contributed by atoms with Crippen molar-refractivity contribution in [2.75, 3.05) is 6.61 Å². The number of hydrogen-bond acceptors (Lipinski definition) is 2. The van der Waals surface area contributed by atoms with Crippen LogP contribution in [-0.4, -0.2) is 18.5 Å². The molecule has 3 heteroatoms. The van der Waals surface area contributed by atoms with Crippen LogP contribution in [0.4, 0.5) is 0 Å². The third kappa shape index (κ3) is 4.66. The summed E-state index contributed by atoms with van der Waals surface area (Å²) in [6, 6.07) is 0. The van der Waals surface area contributed by atoms with Crippen LogP contribution in [0.25, 0.3) is 0 Å². The topological polar surface area (TPSA) is 59.1 Å². The van der Waals surface area contributed by atoms with E-state index in [0.717, 1.165) is 13.0 Å². The van der Waals surface area contributed by atoms with Crippen molar-refractivity contribution in [3.05, 3.63) is 0 Å². The van der Waals surface area contributed by atoms with E-state index in [-0.39, 0.29) is 11.3 Å². The Kier molecular flexibility index (Phi) is 4.59. The molecule has 0 aromatic carbocycles. The van der Waals surface area contributed by atoms with Gasteiger partial charge in [-0.15, -0.1) is 0 Å². The lowest BCUT2D eigenvalue weighted by molar-refractivity contribution is -0.00250. The first kappa shape index (κ1) is 14.5. The Bertz CT molecular complexity index is 261. The van der Waals surface area contributed by atoms with E-state index in [1.165, 1.54) is 25.7 Å². The van der Waals surface area contributed by atoms with E-state index in [0.29, 0.717) is 11.5 Å². The predicted octanol–water partition coefficient (Wildman–Crippen LogP) is 3.32. The van der Waals surface area contributed by atoms with E-state index in [9.17, 15) is 0 Å². The lowest BCUT2D eigenvalue weighted by atomic mass is 9.76. The molecule has 0 spiro atoms. The van der Waals surface area contributed by atoms with Gasteiger partial charge < -0.3 is 10.5 Å². The highest BCUT2D eigenvalue weighted by Crippen LogP contribution is 2.36. The first-order valence-electron chi connectivity index (χ1n) is 6.69. The largest absolute Gasteiger partial charge is 0.387 e. The van der Waals surface area contributed by atoms with E-state index in [4.69, 9.17) is 15.9 Å². The maximum Gasteiger partial charge on any atom is 0.0963 e. The molecular formula is C14H28N2O. The number of nitrogens with one attached hydrogen (secondary N) is 1. The zero-order valence-electron chi connectivity index (χ0n) is 11.8. The Morgan fingerprint density at radius 2 is 1.88 bits per heavy atom. The van der Waals surface area contributed by atoms with Crippen LogP contribution in [0.3, 0.4) is 0 Å². The lowest BCUT2D eigenvalue weighted by Gasteiger charge is -2.34. The van der Waals surface area contributed by atoms with Crippen molar-refractivity contribution in [2.45, 2.75) is 65.9 Å². The molecular weight excluding hydrogens is 212 g/mol. The predicted molar refractivity (Wildman–Crippen MR) is 72.3 cm³/mol. The lowest BCUT2D eigenvalue weighted by Crippen LogP contribution is -2.33. The zero-order chi connectivity index (χ0) is 13.1. The highest BCUT2D eigenvalue weighted by atomic mass is 16.5. The SMILES string of the molecule is CC1(C)CCC(OCCC(C)(C)C(=N)N)CC1. The Labute approximate surface area is 106 Å². The third-order valence-electron chi connectivity index (χ3n) is 4.10. The Morgan fingerprint density at radius 3 is 2.35 bits per heavy atom. The monoisotopic (exact) mass is 240 g/mol. The standard InChI is InChI=1S/C14H28N2O/c1-13(2)7-5-11(6-8-13)17-10-9-14(3,4)12(15)16/h11H,5-10H2,1-4H3,(H3,15,16). The van der Waals surface area contributed by atoms with Crippen molar-refractivity contribution in [3.63, 3.8) is 0 Å². The van der Waals surface area contributed by atoms with Crippen molar-refractivity contribution in [2.24, 2.45) is 16.6 Å². The fourth-order valence-corrected chi connectivity index (χ4v) is 2.15. The number of rotatable bonds is 5. The van der Waals surface area contributed by atoms with Gasteiger partial charge >= 0.3 is 0 Å². The summed E-state index contributed by atoms with van der Waals surface area (Å²) in [7, 11) is 0. The molecule has 1 aliphatic rings. The average Bonchev–Trinajstić information content (AvgIpc) is 2.20. The molecule has 17 heavy (non-hydrogen) atoms. The number of nitrogens with two attached hydrogens (primary N) is 1. The molecule has 0 heterocycles. The Morgan fingerprint density at radius 1 is 1.35 bits per heavy atom. The summed E-state index contributed by atoms with van der Waals surface area (Å²) in [6.07, 6.45) is 6.12. The zero-order valence-corrected chi connectivity index (χ0v) is 11.8. The molecule has 100 valence electrons. The van der Waals surface area contributed by atoms with Crippen LogP contribution < -0.4 is 5.73 Å². The Hall–Kier alpha value is -0.570. The normalized spacial score (nSPS) is 21.4. The van der Waals surface area contributed by atoms with Crippen LogP contribution in [0, 0.1) is 16.2 Å². The fraction of sp³-hybridized carbons (Fsp3) is 0.929. The van der Waals surface area contributed by atoms with Crippen LogP contribution in [0.5, 0.6) is 0 Å². The first-order valence-corrected chi connectivity index (χ1v) is 6.69. The van der Waals surface area contributed by atoms with Gasteiger partial charge in [0.05, 0.1) is 11.9 Å². The van der Waals surface area contributed by atoms with E-state index in [1.807, 2.05) is 13.8 Å². The molecule has 1 aliphatic carbocycles. The molecule has 1 rings (SSSR count). The molecule has 0 atom stereocenters. The number of hydrogen-bond donors (Lipinski definition) is 2. The quantitative estimate of drug-likeness (QED) is 0.572. The molecule has 0 amide bonds. The third-order valence-corrected chi connectivity index (χ3v) is 4.10. The van der Waals surface area contributed by atoms with Gasteiger partial charge in [-0.2, -0.15) is 0 Å². The minimum Gasteiger partial charge on any atom is -0.387 e. The molecule has 1 saturated carbocycles. The van der Waals surface area contributed by atoms with Gasteiger partial charge in [0, 0.05) is 12.0 Å². The van der Waals surface area contributed by atoms with Crippen LogP contribution in [0.15, 0.2) is 0 Å². The van der Waals surface area contributed by atoms with Gasteiger partial charge in [-0.3, -0.25) is 5.41 Å². The second-order valence-electron chi connectivity index (χ2n) is 6.78. The maximum absolute atomic E-state index is 7.49. The maximum atomic E-state index is 7.49. The van der Waals surface area contributed by atoms with Crippen LogP contribution >= 0.6 is 0 Å².